The van der Waals surface area contributed by atoms with Gasteiger partial charge in [0.25, 0.3) is 0 Å². The average Bonchev–Trinajstić information content (AvgIpc) is 3.38. The minimum absolute atomic E-state index is 0.123. The van der Waals surface area contributed by atoms with Crippen LogP contribution >= 0.6 is 10.0 Å². The van der Waals surface area contributed by atoms with Gasteiger partial charge in [0.2, 0.25) is 5.88 Å². The molecule has 0 radical (unpaired) electrons. The monoisotopic (exact) mass is 455 g/mol. The number of aldehydes is 1. The molecule has 0 amide bonds. The highest BCUT2D eigenvalue weighted by Crippen LogP contribution is 2.38. The molecule has 0 bridgehead atoms. The molecule has 3 aromatic rings. The van der Waals surface area contributed by atoms with Crippen molar-refractivity contribution >= 4 is 16.3 Å². The molecule has 0 saturated heterocycles. The fourth-order valence-corrected chi connectivity index (χ4v) is 4.10. The summed E-state index contributed by atoms with van der Waals surface area (Å²) in [5.41, 5.74) is 2.93. The molecule has 1 unspecified atom stereocenters. The maximum Gasteiger partial charge on any atom is 0.219 e. The smallest absolute Gasteiger partial charge is 0.219 e. The van der Waals surface area contributed by atoms with E-state index < -0.39 is 10.0 Å². The Balaban J connectivity index is 1.38. The van der Waals surface area contributed by atoms with Crippen molar-refractivity contribution in [3.05, 3.63) is 54.4 Å². The van der Waals surface area contributed by atoms with E-state index in [1.54, 1.807) is 12.4 Å². The minimum Gasteiger partial charge on any atom is -0.492 e. The summed E-state index contributed by atoms with van der Waals surface area (Å²) in [4.78, 5) is 15.3. The number of nitrogens with zero attached hydrogens (tertiary/aromatic N) is 3. The maximum atomic E-state index is 10.8. The van der Waals surface area contributed by atoms with Crippen molar-refractivity contribution < 1.29 is 19.0 Å². The van der Waals surface area contributed by atoms with Crippen molar-refractivity contribution in [2.75, 3.05) is 37.7 Å². The summed E-state index contributed by atoms with van der Waals surface area (Å²) in [6.45, 7) is 1.67. The number of hydrogen-bond acceptors (Lipinski definition) is 6. The quantitative estimate of drug-likeness (QED) is 0.332. The molecule has 0 spiro atoms. The summed E-state index contributed by atoms with van der Waals surface area (Å²) in [5, 5.41) is 4.37. The van der Waals surface area contributed by atoms with Crippen LogP contribution in [-0.4, -0.2) is 58.8 Å². The lowest BCUT2D eigenvalue weighted by atomic mass is 9.99. The molecule has 1 aromatic carbocycles. The summed E-state index contributed by atoms with van der Waals surface area (Å²) in [7, 11) is -0.567. The van der Waals surface area contributed by atoms with Gasteiger partial charge in [0, 0.05) is 53.7 Å². The first kappa shape index (κ1) is 22.4. The zero-order chi connectivity index (χ0) is 22.6. The molecule has 4 rings (SSSR count). The van der Waals surface area contributed by atoms with E-state index in [-0.39, 0.29) is 5.92 Å². The first-order valence-electron chi connectivity index (χ1n) is 10.5. The highest BCUT2D eigenvalue weighted by Gasteiger charge is 2.24. The van der Waals surface area contributed by atoms with Gasteiger partial charge in [-0.2, -0.15) is 5.10 Å². The molecule has 0 aliphatic carbocycles. The summed E-state index contributed by atoms with van der Waals surface area (Å²) in [5.74, 6) is 3.10. The topological polar surface area (TPSA) is 75.5 Å². The lowest BCUT2D eigenvalue weighted by molar-refractivity contribution is -0.108. The van der Waals surface area contributed by atoms with E-state index in [1.807, 2.05) is 41.1 Å². The zero-order valence-corrected chi connectivity index (χ0v) is 19.5. The maximum absolute atomic E-state index is 10.8. The first-order chi connectivity index (χ1) is 15.4. The van der Waals surface area contributed by atoms with Crippen molar-refractivity contribution in [3.8, 4) is 28.6 Å². The molecule has 7 nitrogen and oxygen atoms in total. The van der Waals surface area contributed by atoms with Crippen LogP contribution in [0.25, 0.3) is 11.3 Å². The van der Waals surface area contributed by atoms with E-state index in [2.05, 4.69) is 28.8 Å². The van der Waals surface area contributed by atoms with Gasteiger partial charge in [-0.05, 0) is 37.0 Å². The number of benzene rings is 1. The predicted molar refractivity (Wildman–Crippen MR) is 127 cm³/mol. The van der Waals surface area contributed by atoms with E-state index in [0.29, 0.717) is 31.4 Å². The number of aromatic nitrogens is 3. The largest absolute Gasteiger partial charge is 0.492 e. The second-order valence-corrected chi connectivity index (χ2v) is 13.2. The van der Waals surface area contributed by atoms with Gasteiger partial charge in [0.15, 0.2) is 0 Å². The summed E-state index contributed by atoms with van der Waals surface area (Å²) in [6.07, 6.45) is 11.8. The Morgan fingerprint density at radius 2 is 2.09 bits per heavy atom. The van der Waals surface area contributed by atoms with Crippen LogP contribution in [0.1, 0.15) is 17.9 Å². The number of carbonyl (C=O) groups excluding carboxylic acids is 1. The highest BCUT2D eigenvalue weighted by atomic mass is 32.3. The third-order valence-electron chi connectivity index (χ3n) is 5.27. The van der Waals surface area contributed by atoms with Gasteiger partial charge in [-0.3, -0.25) is 0 Å². The van der Waals surface area contributed by atoms with Crippen molar-refractivity contribution in [3.63, 3.8) is 0 Å². The van der Waals surface area contributed by atoms with E-state index in [9.17, 15) is 4.79 Å². The standard InChI is InChI=1S/C24H29N3O4S/c1-32(2,3)13-12-29-17-27-22(8-10-26-27)18-4-7-24(25-15-18)31-20-5-6-21-19(9-11-28)16-30-23(21)14-20/h4-8,10-11,14-15,19H,9,12-13,16-17H2,1-3H3. The number of pyridine rings is 1. The molecule has 1 aliphatic rings. The number of fused-ring (bicyclic) bond motifs is 1. The van der Waals surface area contributed by atoms with E-state index in [1.165, 1.54) is 0 Å². The summed E-state index contributed by atoms with van der Waals surface area (Å²) in [6, 6.07) is 11.4. The molecular weight excluding hydrogens is 426 g/mol. The van der Waals surface area contributed by atoms with Crippen LogP contribution in [0.15, 0.2) is 48.8 Å². The lowest BCUT2D eigenvalue weighted by Crippen LogP contribution is -2.11. The fraction of sp³-hybridized carbons (Fsp3) is 0.375. The second kappa shape index (κ2) is 9.75. The normalized spacial score (nSPS) is 15.8. The van der Waals surface area contributed by atoms with Gasteiger partial charge < -0.3 is 19.0 Å². The van der Waals surface area contributed by atoms with Crippen molar-refractivity contribution in [1.29, 1.82) is 0 Å². The Hall–Kier alpha value is -2.84. The van der Waals surface area contributed by atoms with Crippen LogP contribution in [0.3, 0.4) is 0 Å². The van der Waals surface area contributed by atoms with Crippen LogP contribution in [0.2, 0.25) is 0 Å². The zero-order valence-electron chi connectivity index (χ0n) is 18.7. The number of rotatable bonds is 10. The molecule has 170 valence electrons. The highest BCUT2D eigenvalue weighted by molar-refractivity contribution is 8.32. The minimum atomic E-state index is -0.567. The van der Waals surface area contributed by atoms with Crippen molar-refractivity contribution in [2.45, 2.75) is 19.1 Å². The van der Waals surface area contributed by atoms with Crippen molar-refractivity contribution in [2.24, 2.45) is 0 Å². The Labute approximate surface area is 190 Å². The van der Waals surface area contributed by atoms with Crippen LogP contribution in [-0.2, 0) is 16.3 Å². The number of hydrogen-bond donors (Lipinski definition) is 0. The van der Waals surface area contributed by atoms with Gasteiger partial charge in [0.1, 0.15) is 24.5 Å². The van der Waals surface area contributed by atoms with Gasteiger partial charge in [-0.1, -0.05) is 6.07 Å². The lowest BCUT2D eigenvalue weighted by Gasteiger charge is -2.24. The Bertz CT molecular complexity index is 1060. The number of carbonyl (C=O) groups is 1. The van der Waals surface area contributed by atoms with Crippen LogP contribution in [0, 0.1) is 0 Å². The Morgan fingerprint density at radius 1 is 1.22 bits per heavy atom. The van der Waals surface area contributed by atoms with Crippen LogP contribution in [0.5, 0.6) is 17.4 Å². The number of ether oxygens (including phenoxy) is 3. The summed E-state index contributed by atoms with van der Waals surface area (Å²) >= 11 is 0. The third-order valence-corrected chi connectivity index (χ3v) is 6.66. The van der Waals surface area contributed by atoms with Gasteiger partial charge in [0.05, 0.1) is 18.9 Å². The van der Waals surface area contributed by atoms with E-state index in [0.717, 1.165) is 41.2 Å². The first-order valence-corrected chi connectivity index (χ1v) is 13.6. The molecule has 3 heterocycles. The predicted octanol–water partition coefficient (Wildman–Crippen LogP) is 4.47. The molecule has 2 aromatic heterocycles. The Kier molecular flexibility index (Phi) is 6.81. The van der Waals surface area contributed by atoms with Gasteiger partial charge >= 0.3 is 0 Å². The van der Waals surface area contributed by atoms with Gasteiger partial charge in [-0.25, -0.2) is 19.7 Å². The third kappa shape index (κ3) is 5.49. The van der Waals surface area contributed by atoms with Crippen molar-refractivity contribution in [1.82, 2.24) is 14.8 Å². The molecule has 32 heavy (non-hydrogen) atoms. The van der Waals surface area contributed by atoms with E-state index in [4.69, 9.17) is 14.2 Å². The molecular formula is C24H29N3O4S. The molecule has 0 fully saturated rings. The molecule has 8 heteroatoms. The fourth-order valence-electron chi connectivity index (χ4n) is 3.49. The molecule has 0 saturated carbocycles. The van der Waals surface area contributed by atoms with Gasteiger partial charge in [-0.15, -0.1) is 0 Å². The molecule has 1 atom stereocenters. The summed E-state index contributed by atoms with van der Waals surface area (Å²) < 4.78 is 19.3. The van der Waals surface area contributed by atoms with Crippen LogP contribution in [0.4, 0.5) is 0 Å². The second-order valence-electron chi connectivity index (χ2n) is 8.65. The average molecular weight is 456 g/mol. The Morgan fingerprint density at radius 3 is 2.84 bits per heavy atom. The van der Waals surface area contributed by atoms with E-state index >= 15 is 0 Å². The molecule has 0 N–H and O–H groups in total. The molecule has 1 aliphatic heterocycles. The SMILES string of the molecule is CS(C)(C)CCOCn1nccc1-c1ccc(Oc2ccc3c(c2)OCC3CC=O)nc1. The van der Waals surface area contributed by atoms with Crippen LogP contribution < -0.4 is 9.47 Å².